The number of amides is 1. The van der Waals surface area contributed by atoms with Crippen molar-refractivity contribution in [3.05, 3.63) is 63.9 Å². The molecule has 1 N–H and O–H groups in total. The van der Waals surface area contributed by atoms with Gasteiger partial charge in [-0.3, -0.25) is 4.79 Å². The van der Waals surface area contributed by atoms with Gasteiger partial charge in [0.2, 0.25) is 5.91 Å². The van der Waals surface area contributed by atoms with Crippen LogP contribution in [-0.2, 0) is 4.79 Å². The first-order chi connectivity index (χ1) is 12.5. The number of aromatic nitrogens is 2. The predicted octanol–water partition coefficient (Wildman–Crippen LogP) is 4.40. The van der Waals surface area contributed by atoms with E-state index in [1.54, 1.807) is 36.4 Å². The van der Waals surface area contributed by atoms with Crippen LogP contribution < -0.4 is 5.32 Å². The quantitative estimate of drug-likeness (QED) is 0.506. The van der Waals surface area contributed by atoms with Gasteiger partial charge < -0.3 is 5.32 Å². The fraction of sp³-hybridized carbons (Fsp3) is 0.0588. The lowest BCUT2D eigenvalue weighted by Crippen LogP contribution is -2.14. The average Bonchev–Trinajstić information content (AvgIpc) is 3.01. The summed E-state index contributed by atoms with van der Waals surface area (Å²) < 4.78 is 15.7. The van der Waals surface area contributed by atoms with Gasteiger partial charge in [0.1, 0.15) is 5.82 Å². The molecule has 130 valence electrons. The maximum Gasteiger partial charge on any atom is 0.234 e. The number of nitrogens with zero attached hydrogens (tertiary/aromatic N) is 3. The Balaban J connectivity index is 1.64. The molecule has 3 aromatic rings. The van der Waals surface area contributed by atoms with Gasteiger partial charge in [-0.15, -0.1) is 5.10 Å². The summed E-state index contributed by atoms with van der Waals surface area (Å²) in [5.41, 5.74) is 1.71. The van der Waals surface area contributed by atoms with Crippen molar-refractivity contribution < 1.29 is 9.18 Å². The maximum absolute atomic E-state index is 13.0. The fourth-order valence-electron chi connectivity index (χ4n) is 2.06. The van der Waals surface area contributed by atoms with E-state index in [0.717, 1.165) is 0 Å². The van der Waals surface area contributed by atoms with Crippen LogP contribution >= 0.6 is 35.3 Å². The molecule has 0 bridgehead atoms. The molecule has 0 fully saturated rings. The van der Waals surface area contributed by atoms with Crippen LogP contribution in [0.15, 0.2) is 52.9 Å². The van der Waals surface area contributed by atoms with E-state index in [0.29, 0.717) is 25.2 Å². The Morgan fingerprint density at radius 2 is 2.12 bits per heavy atom. The highest BCUT2D eigenvalue weighted by atomic mass is 32.2. The SMILES string of the molecule is N#Cc1cccc(NC(=O)CSc2nn(-c3ccc(F)cc3)c(=S)s2)c1. The molecule has 3 rings (SSSR count). The Bertz CT molecular complexity index is 1040. The maximum atomic E-state index is 13.0. The van der Waals surface area contributed by atoms with Crippen LogP contribution in [0.1, 0.15) is 5.56 Å². The van der Waals surface area contributed by atoms with Gasteiger partial charge in [-0.25, -0.2) is 9.07 Å². The molecule has 0 radical (unpaired) electrons. The van der Waals surface area contributed by atoms with Crippen LogP contribution in [0.3, 0.4) is 0 Å². The number of anilines is 1. The van der Waals surface area contributed by atoms with Crippen molar-refractivity contribution in [2.75, 3.05) is 11.1 Å². The van der Waals surface area contributed by atoms with Gasteiger partial charge in [0.15, 0.2) is 8.29 Å². The van der Waals surface area contributed by atoms with Crippen LogP contribution in [0.4, 0.5) is 10.1 Å². The Morgan fingerprint density at radius 3 is 2.85 bits per heavy atom. The molecule has 9 heteroatoms. The normalized spacial score (nSPS) is 10.3. The predicted molar refractivity (Wildman–Crippen MR) is 103 cm³/mol. The molecular weight excluding hydrogens is 391 g/mol. The molecule has 0 saturated heterocycles. The first-order valence-electron chi connectivity index (χ1n) is 7.34. The summed E-state index contributed by atoms with van der Waals surface area (Å²) in [6.07, 6.45) is 0. The Hall–Kier alpha value is -2.54. The third-order valence-corrected chi connectivity index (χ3v) is 5.57. The molecule has 5 nitrogen and oxygen atoms in total. The minimum Gasteiger partial charge on any atom is -0.325 e. The number of benzene rings is 2. The summed E-state index contributed by atoms with van der Waals surface area (Å²) >= 11 is 7.82. The molecule has 0 unspecified atom stereocenters. The number of halogens is 1. The smallest absolute Gasteiger partial charge is 0.234 e. The number of carbonyl (C=O) groups excluding carboxylic acids is 1. The van der Waals surface area contributed by atoms with E-state index in [9.17, 15) is 9.18 Å². The van der Waals surface area contributed by atoms with Gasteiger partial charge in [0, 0.05) is 5.69 Å². The van der Waals surface area contributed by atoms with Gasteiger partial charge >= 0.3 is 0 Å². The van der Waals surface area contributed by atoms with Gasteiger partial charge in [0.05, 0.1) is 23.1 Å². The highest BCUT2D eigenvalue weighted by molar-refractivity contribution is 8.01. The second kappa shape index (κ2) is 8.23. The summed E-state index contributed by atoms with van der Waals surface area (Å²) in [6, 6.07) is 14.6. The van der Waals surface area contributed by atoms with Gasteiger partial charge in [0.25, 0.3) is 0 Å². The van der Waals surface area contributed by atoms with Crippen molar-refractivity contribution in [2.45, 2.75) is 4.34 Å². The minimum absolute atomic E-state index is 0.155. The lowest BCUT2D eigenvalue weighted by Gasteiger charge is -2.04. The van der Waals surface area contributed by atoms with E-state index < -0.39 is 0 Å². The zero-order valence-corrected chi connectivity index (χ0v) is 15.6. The van der Waals surface area contributed by atoms with Crippen molar-refractivity contribution in [1.29, 1.82) is 5.26 Å². The molecule has 0 spiro atoms. The Kier molecular flexibility index (Phi) is 5.78. The van der Waals surface area contributed by atoms with E-state index >= 15 is 0 Å². The van der Waals surface area contributed by atoms with E-state index in [2.05, 4.69) is 10.4 Å². The van der Waals surface area contributed by atoms with E-state index in [1.165, 1.54) is 39.9 Å². The number of nitriles is 1. The number of nitrogens with one attached hydrogen (secondary N) is 1. The van der Waals surface area contributed by atoms with Crippen LogP contribution in [-0.4, -0.2) is 21.4 Å². The van der Waals surface area contributed by atoms with Crippen molar-refractivity contribution in [3.63, 3.8) is 0 Å². The standard InChI is InChI=1S/C17H11FN4OS3/c18-12-4-6-14(7-5-12)22-17(24)26-16(21-22)25-10-15(23)20-13-3-1-2-11(8-13)9-19/h1-8H,10H2,(H,20,23). The van der Waals surface area contributed by atoms with Gasteiger partial charge in [-0.2, -0.15) is 5.26 Å². The van der Waals surface area contributed by atoms with Gasteiger partial charge in [-0.05, 0) is 54.7 Å². The highest BCUT2D eigenvalue weighted by Gasteiger charge is 2.10. The summed E-state index contributed by atoms with van der Waals surface area (Å²) in [6.45, 7) is 0. The minimum atomic E-state index is -0.331. The van der Waals surface area contributed by atoms with Crippen LogP contribution in [0, 0.1) is 21.1 Å². The van der Waals surface area contributed by atoms with Crippen LogP contribution in [0.25, 0.3) is 5.69 Å². The van der Waals surface area contributed by atoms with Crippen molar-refractivity contribution in [2.24, 2.45) is 0 Å². The third kappa shape index (κ3) is 4.54. The highest BCUT2D eigenvalue weighted by Crippen LogP contribution is 2.24. The topological polar surface area (TPSA) is 70.7 Å². The Morgan fingerprint density at radius 1 is 1.35 bits per heavy atom. The second-order valence-corrected chi connectivity index (χ2v) is 7.90. The molecule has 0 saturated carbocycles. The summed E-state index contributed by atoms with van der Waals surface area (Å²) in [7, 11) is 0. The van der Waals surface area contributed by atoms with Crippen LogP contribution in [0.5, 0.6) is 0 Å². The zero-order chi connectivity index (χ0) is 18.5. The molecule has 0 atom stereocenters. The molecule has 26 heavy (non-hydrogen) atoms. The van der Waals surface area contributed by atoms with Crippen molar-refractivity contribution >= 4 is 46.9 Å². The molecule has 0 aliphatic carbocycles. The second-order valence-electron chi connectivity index (χ2n) is 5.05. The largest absolute Gasteiger partial charge is 0.325 e. The average molecular weight is 403 g/mol. The van der Waals surface area contributed by atoms with Crippen molar-refractivity contribution in [1.82, 2.24) is 9.78 Å². The summed E-state index contributed by atoms with van der Waals surface area (Å²) in [4.78, 5) is 12.1. The first-order valence-corrected chi connectivity index (χ1v) is 9.55. The number of hydrogen-bond donors (Lipinski definition) is 1. The van der Waals surface area contributed by atoms with E-state index in [1.807, 2.05) is 6.07 Å². The molecule has 1 heterocycles. The molecule has 1 amide bonds. The number of carbonyl (C=O) groups is 1. The number of rotatable bonds is 5. The lowest BCUT2D eigenvalue weighted by atomic mass is 10.2. The molecule has 0 aliphatic rings. The molecule has 2 aromatic carbocycles. The van der Waals surface area contributed by atoms with E-state index in [-0.39, 0.29) is 17.5 Å². The number of thioether (sulfide) groups is 1. The lowest BCUT2D eigenvalue weighted by molar-refractivity contribution is -0.113. The molecule has 1 aromatic heterocycles. The van der Waals surface area contributed by atoms with E-state index in [4.69, 9.17) is 17.5 Å². The molecule has 0 aliphatic heterocycles. The van der Waals surface area contributed by atoms with Gasteiger partial charge in [-0.1, -0.05) is 29.2 Å². The zero-order valence-electron chi connectivity index (χ0n) is 13.2. The van der Waals surface area contributed by atoms with Crippen LogP contribution in [0.2, 0.25) is 0 Å². The third-order valence-electron chi connectivity index (χ3n) is 3.20. The fourth-order valence-corrected chi connectivity index (χ4v) is 4.22. The monoisotopic (exact) mass is 402 g/mol. The number of hydrogen-bond acceptors (Lipinski definition) is 6. The Labute approximate surface area is 162 Å². The summed E-state index contributed by atoms with van der Waals surface area (Å²) in [5, 5.41) is 16.0. The first kappa shape index (κ1) is 18.3. The molecular formula is C17H11FN4OS3. The summed E-state index contributed by atoms with van der Waals surface area (Å²) in [5.74, 6) is -0.385. The van der Waals surface area contributed by atoms with Crippen molar-refractivity contribution in [3.8, 4) is 11.8 Å².